The van der Waals surface area contributed by atoms with Crippen LogP contribution in [0, 0.1) is 17.6 Å². The molecule has 1 aliphatic rings. The van der Waals surface area contributed by atoms with E-state index in [1.807, 2.05) is 0 Å². The average molecular weight is 376 g/mol. The minimum absolute atomic E-state index is 0.0117. The van der Waals surface area contributed by atoms with Crippen molar-refractivity contribution in [2.24, 2.45) is 5.92 Å². The minimum Gasteiger partial charge on any atom is -0.490 e. The normalized spacial score (nSPS) is 20.1. The van der Waals surface area contributed by atoms with Gasteiger partial charge in [-0.25, -0.2) is 8.78 Å². The molecule has 0 bridgehead atoms. The predicted octanol–water partition coefficient (Wildman–Crippen LogP) is 4.82. The Labute approximate surface area is 144 Å². The summed E-state index contributed by atoms with van der Waals surface area (Å²) in [7, 11) is 0. The molecule has 0 aromatic heterocycles. The van der Waals surface area contributed by atoms with Crippen molar-refractivity contribution in [2.75, 3.05) is 13.2 Å². The predicted molar refractivity (Wildman–Crippen MR) is 82.5 cm³/mol. The number of halogens is 5. The molecule has 1 unspecified atom stereocenters. The van der Waals surface area contributed by atoms with Crippen LogP contribution in [0.15, 0.2) is 41.3 Å². The van der Waals surface area contributed by atoms with Gasteiger partial charge < -0.3 is 9.84 Å². The average Bonchev–Trinajstić information content (AvgIpc) is 2.58. The van der Waals surface area contributed by atoms with E-state index < -0.39 is 34.5 Å². The molecule has 2 aromatic rings. The number of hydrogen-bond acceptors (Lipinski definition) is 3. The zero-order chi connectivity index (χ0) is 18.2. The molecule has 8 heteroatoms. The van der Waals surface area contributed by atoms with Crippen LogP contribution in [0.2, 0.25) is 0 Å². The second-order valence-corrected chi connectivity index (χ2v) is 6.80. The van der Waals surface area contributed by atoms with Crippen molar-refractivity contribution in [3.8, 4) is 5.75 Å². The van der Waals surface area contributed by atoms with Gasteiger partial charge in [-0.05, 0) is 36.4 Å². The molecule has 0 fully saturated rings. The van der Waals surface area contributed by atoms with Gasteiger partial charge >= 0.3 is 6.18 Å². The number of aliphatic hydroxyl groups excluding tert-OH is 1. The number of thioether (sulfide) groups is 1. The highest BCUT2D eigenvalue weighted by Gasteiger charge is 2.36. The summed E-state index contributed by atoms with van der Waals surface area (Å²) in [6.45, 7) is -0.337. The highest BCUT2D eigenvalue weighted by atomic mass is 32.2. The third kappa shape index (κ3) is 3.59. The van der Waals surface area contributed by atoms with Crippen LogP contribution in [0.3, 0.4) is 0 Å². The topological polar surface area (TPSA) is 29.5 Å². The van der Waals surface area contributed by atoms with Gasteiger partial charge in [0.15, 0.2) is 11.6 Å². The first-order valence-corrected chi connectivity index (χ1v) is 8.24. The van der Waals surface area contributed by atoms with Gasteiger partial charge in [0, 0.05) is 21.6 Å². The standard InChI is InChI=1S/C17H13F5O2S/c18-12-5-6-13(19)15-14(12)16(9(7-23)8-24-15)25-11-3-1-10(2-4-11)17(20,21)22/h1-6,9,16,23H,7-8H2/t9-,16?/m1/s1. The maximum absolute atomic E-state index is 14.2. The minimum atomic E-state index is -4.45. The van der Waals surface area contributed by atoms with Crippen LogP contribution in [-0.2, 0) is 6.18 Å². The fourth-order valence-corrected chi connectivity index (χ4v) is 3.93. The highest BCUT2D eigenvalue weighted by Crippen LogP contribution is 2.49. The van der Waals surface area contributed by atoms with Gasteiger partial charge in [-0.2, -0.15) is 13.2 Å². The summed E-state index contributed by atoms with van der Waals surface area (Å²) in [6.07, 6.45) is -4.45. The number of aliphatic hydroxyl groups is 1. The number of benzene rings is 2. The van der Waals surface area contributed by atoms with Crippen molar-refractivity contribution in [2.45, 2.75) is 16.3 Å². The Bertz CT molecular complexity index is 761. The molecule has 25 heavy (non-hydrogen) atoms. The number of rotatable bonds is 3. The molecule has 2 nitrogen and oxygen atoms in total. The van der Waals surface area contributed by atoms with Crippen LogP contribution < -0.4 is 4.74 Å². The maximum atomic E-state index is 14.2. The van der Waals surface area contributed by atoms with Crippen LogP contribution in [0.25, 0.3) is 0 Å². The van der Waals surface area contributed by atoms with Crippen molar-refractivity contribution < 1.29 is 31.8 Å². The zero-order valence-electron chi connectivity index (χ0n) is 12.7. The molecule has 0 radical (unpaired) electrons. The van der Waals surface area contributed by atoms with E-state index in [1.165, 1.54) is 12.1 Å². The lowest BCUT2D eigenvalue weighted by Crippen LogP contribution is -2.28. The monoisotopic (exact) mass is 376 g/mol. The first-order chi connectivity index (χ1) is 11.8. The summed E-state index contributed by atoms with van der Waals surface area (Å²) in [5.74, 6) is -2.13. The lowest BCUT2D eigenvalue weighted by molar-refractivity contribution is -0.137. The van der Waals surface area contributed by atoms with Gasteiger partial charge in [0.25, 0.3) is 0 Å². The van der Waals surface area contributed by atoms with E-state index in [-0.39, 0.29) is 24.5 Å². The molecule has 2 atom stereocenters. The van der Waals surface area contributed by atoms with Crippen LogP contribution in [0.4, 0.5) is 22.0 Å². The quantitative estimate of drug-likeness (QED) is 0.779. The second kappa shape index (κ2) is 6.84. The molecule has 1 aliphatic heterocycles. The molecule has 1 N–H and O–H groups in total. The van der Waals surface area contributed by atoms with E-state index in [0.717, 1.165) is 36.0 Å². The Hall–Kier alpha value is -1.80. The Morgan fingerprint density at radius 2 is 1.68 bits per heavy atom. The molecule has 0 saturated heterocycles. The van der Waals surface area contributed by atoms with Gasteiger partial charge in [0.1, 0.15) is 5.82 Å². The van der Waals surface area contributed by atoms with Gasteiger partial charge in [-0.1, -0.05) is 0 Å². The van der Waals surface area contributed by atoms with E-state index in [9.17, 15) is 27.1 Å². The summed E-state index contributed by atoms with van der Waals surface area (Å²) in [5, 5.41) is 8.84. The van der Waals surface area contributed by atoms with E-state index in [0.29, 0.717) is 4.90 Å². The van der Waals surface area contributed by atoms with Crippen molar-refractivity contribution in [1.29, 1.82) is 0 Å². The largest absolute Gasteiger partial charge is 0.490 e. The SMILES string of the molecule is OC[C@@H]1COc2c(F)ccc(F)c2C1Sc1ccc(C(F)(F)F)cc1. The second-order valence-electron chi connectivity index (χ2n) is 5.59. The van der Waals surface area contributed by atoms with Gasteiger partial charge in [-0.3, -0.25) is 0 Å². The number of alkyl halides is 3. The Kier molecular flexibility index (Phi) is 4.92. The Balaban J connectivity index is 1.94. The van der Waals surface area contributed by atoms with Crippen molar-refractivity contribution in [1.82, 2.24) is 0 Å². The third-order valence-corrected chi connectivity index (χ3v) is 5.35. The fourth-order valence-electron chi connectivity index (χ4n) is 2.65. The van der Waals surface area contributed by atoms with Crippen molar-refractivity contribution in [3.05, 3.63) is 59.2 Å². The highest BCUT2D eigenvalue weighted by molar-refractivity contribution is 7.99. The van der Waals surface area contributed by atoms with Crippen molar-refractivity contribution >= 4 is 11.8 Å². The fraction of sp³-hybridized carbons (Fsp3) is 0.294. The molecule has 134 valence electrons. The van der Waals surface area contributed by atoms with Crippen molar-refractivity contribution in [3.63, 3.8) is 0 Å². The first-order valence-electron chi connectivity index (χ1n) is 7.36. The van der Waals surface area contributed by atoms with E-state index in [2.05, 4.69) is 0 Å². The third-order valence-electron chi connectivity index (χ3n) is 3.93. The number of ether oxygens (including phenoxy) is 1. The van der Waals surface area contributed by atoms with E-state index >= 15 is 0 Å². The van der Waals surface area contributed by atoms with Crippen LogP contribution in [-0.4, -0.2) is 18.3 Å². The van der Waals surface area contributed by atoms with E-state index in [4.69, 9.17) is 4.74 Å². The molecule has 1 heterocycles. The van der Waals surface area contributed by atoms with E-state index in [1.54, 1.807) is 0 Å². The van der Waals surface area contributed by atoms with Crippen LogP contribution in [0.5, 0.6) is 5.75 Å². The van der Waals surface area contributed by atoms with Gasteiger partial charge in [-0.15, -0.1) is 11.8 Å². The summed E-state index contributed by atoms with van der Waals surface area (Å²) in [4.78, 5) is 0.452. The summed E-state index contributed by atoms with van der Waals surface area (Å²) < 4.78 is 71.3. The number of hydrogen-bond donors (Lipinski definition) is 1. The molecule has 3 rings (SSSR count). The summed E-state index contributed by atoms with van der Waals surface area (Å²) in [6, 6.07) is 6.32. The molecular formula is C17H13F5O2S. The molecule has 2 aromatic carbocycles. The van der Waals surface area contributed by atoms with Crippen LogP contribution >= 0.6 is 11.8 Å². The summed E-state index contributed by atoms with van der Waals surface area (Å²) >= 11 is 1.07. The lowest BCUT2D eigenvalue weighted by Gasteiger charge is -2.32. The number of fused-ring (bicyclic) bond motifs is 1. The smallest absolute Gasteiger partial charge is 0.416 e. The van der Waals surface area contributed by atoms with Gasteiger partial charge in [0.05, 0.1) is 18.8 Å². The summed E-state index contributed by atoms with van der Waals surface area (Å²) in [5.41, 5.74) is -0.810. The lowest BCUT2D eigenvalue weighted by atomic mass is 9.96. The maximum Gasteiger partial charge on any atom is 0.416 e. The molecule has 0 saturated carbocycles. The molecular weight excluding hydrogens is 363 g/mol. The Morgan fingerprint density at radius 1 is 1.04 bits per heavy atom. The first kappa shape index (κ1) is 18.0. The molecule has 0 spiro atoms. The molecule has 0 amide bonds. The van der Waals surface area contributed by atoms with Gasteiger partial charge in [0.2, 0.25) is 0 Å². The Morgan fingerprint density at radius 3 is 2.28 bits per heavy atom. The van der Waals surface area contributed by atoms with Crippen LogP contribution in [0.1, 0.15) is 16.4 Å². The zero-order valence-corrected chi connectivity index (χ0v) is 13.5. The molecule has 0 aliphatic carbocycles.